The van der Waals surface area contributed by atoms with E-state index < -0.39 is 0 Å². The zero-order valence-electron chi connectivity index (χ0n) is 9.87. The van der Waals surface area contributed by atoms with Crippen molar-refractivity contribution in [3.8, 4) is 0 Å². The predicted octanol–water partition coefficient (Wildman–Crippen LogP) is 3.06. The molecule has 1 heterocycles. The van der Waals surface area contributed by atoms with E-state index in [-0.39, 0.29) is 18.2 Å². The summed E-state index contributed by atoms with van der Waals surface area (Å²) in [6.07, 6.45) is 0. The SMILES string of the molecule is Cc1cc(Br)ccc1NC(=O)c1ccc(CN)o1. The van der Waals surface area contributed by atoms with Crippen molar-refractivity contribution in [1.29, 1.82) is 0 Å². The molecule has 0 radical (unpaired) electrons. The lowest BCUT2D eigenvalue weighted by Gasteiger charge is -2.07. The maximum Gasteiger partial charge on any atom is 0.291 e. The second-order valence-electron chi connectivity index (χ2n) is 3.88. The standard InChI is InChI=1S/C13H13BrN2O2/c1-8-6-9(14)2-4-11(8)16-13(17)12-5-3-10(7-15)18-12/h2-6H,7,15H2,1H3,(H,16,17). The molecule has 18 heavy (non-hydrogen) atoms. The van der Waals surface area contributed by atoms with Crippen LogP contribution in [0.4, 0.5) is 5.69 Å². The molecule has 0 saturated carbocycles. The molecule has 5 heteroatoms. The quantitative estimate of drug-likeness (QED) is 0.915. The Morgan fingerprint density at radius 3 is 2.78 bits per heavy atom. The summed E-state index contributed by atoms with van der Waals surface area (Å²) >= 11 is 3.37. The van der Waals surface area contributed by atoms with E-state index in [1.807, 2.05) is 25.1 Å². The first-order valence-electron chi connectivity index (χ1n) is 5.46. The van der Waals surface area contributed by atoms with Gasteiger partial charge in [0.1, 0.15) is 5.76 Å². The van der Waals surface area contributed by atoms with Gasteiger partial charge in [-0.2, -0.15) is 0 Å². The van der Waals surface area contributed by atoms with Crippen LogP contribution in [0.1, 0.15) is 21.9 Å². The molecule has 3 N–H and O–H groups in total. The van der Waals surface area contributed by atoms with E-state index in [2.05, 4.69) is 21.2 Å². The van der Waals surface area contributed by atoms with Crippen molar-refractivity contribution < 1.29 is 9.21 Å². The van der Waals surface area contributed by atoms with Crippen LogP contribution in [-0.4, -0.2) is 5.91 Å². The minimum atomic E-state index is -0.278. The molecule has 0 aliphatic rings. The van der Waals surface area contributed by atoms with Gasteiger partial charge in [0.25, 0.3) is 5.91 Å². The Hall–Kier alpha value is -1.59. The first-order valence-corrected chi connectivity index (χ1v) is 6.25. The summed E-state index contributed by atoms with van der Waals surface area (Å²) in [6.45, 7) is 2.21. The lowest BCUT2D eigenvalue weighted by atomic mass is 10.2. The van der Waals surface area contributed by atoms with Crippen molar-refractivity contribution in [2.24, 2.45) is 5.73 Å². The van der Waals surface area contributed by atoms with Crippen LogP contribution < -0.4 is 11.1 Å². The molecule has 1 aromatic heterocycles. The molecule has 2 rings (SSSR count). The van der Waals surface area contributed by atoms with Crippen LogP contribution in [0.25, 0.3) is 0 Å². The zero-order valence-corrected chi connectivity index (χ0v) is 11.5. The highest BCUT2D eigenvalue weighted by atomic mass is 79.9. The Bertz CT molecular complexity index is 578. The number of hydrogen-bond acceptors (Lipinski definition) is 3. The van der Waals surface area contributed by atoms with Crippen molar-refractivity contribution in [2.75, 3.05) is 5.32 Å². The molecule has 2 aromatic rings. The number of carbonyl (C=O) groups is 1. The van der Waals surface area contributed by atoms with Gasteiger partial charge in [-0.3, -0.25) is 4.79 Å². The number of rotatable bonds is 3. The normalized spacial score (nSPS) is 10.4. The monoisotopic (exact) mass is 308 g/mol. The molecule has 0 aliphatic carbocycles. The van der Waals surface area contributed by atoms with Crippen molar-refractivity contribution in [3.05, 3.63) is 51.9 Å². The Kier molecular flexibility index (Phi) is 3.84. The highest BCUT2D eigenvalue weighted by molar-refractivity contribution is 9.10. The third kappa shape index (κ3) is 2.80. The second-order valence-corrected chi connectivity index (χ2v) is 4.80. The average molecular weight is 309 g/mol. The van der Waals surface area contributed by atoms with Gasteiger partial charge in [-0.05, 0) is 42.8 Å². The summed E-state index contributed by atoms with van der Waals surface area (Å²) in [5.41, 5.74) is 7.16. The lowest BCUT2D eigenvalue weighted by molar-refractivity contribution is 0.0995. The molecule has 0 atom stereocenters. The summed E-state index contributed by atoms with van der Waals surface area (Å²) in [6, 6.07) is 8.96. The molecule has 94 valence electrons. The van der Waals surface area contributed by atoms with Crippen molar-refractivity contribution >= 4 is 27.5 Å². The van der Waals surface area contributed by atoms with Gasteiger partial charge in [0.05, 0.1) is 6.54 Å². The van der Waals surface area contributed by atoms with E-state index in [9.17, 15) is 4.79 Å². The summed E-state index contributed by atoms with van der Waals surface area (Å²) in [4.78, 5) is 11.9. The van der Waals surface area contributed by atoms with Crippen LogP contribution in [0, 0.1) is 6.92 Å². The largest absolute Gasteiger partial charge is 0.455 e. The highest BCUT2D eigenvalue weighted by Gasteiger charge is 2.12. The van der Waals surface area contributed by atoms with Crippen LogP contribution in [0.2, 0.25) is 0 Å². The Balaban J connectivity index is 2.16. The number of carbonyl (C=O) groups excluding carboxylic acids is 1. The Morgan fingerprint density at radius 2 is 2.17 bits per heavy atom. The number of hydrogen-bond donors (Lipinski definition) is 2. The van der Waals surface area contributed by atoms with E-state index >= 15 is 0 Å². The van der Waals surface area contributed by atoms with Gasteiger partial charge in [-0.15, -0.1) is 0 Å². The van der Waals surface area contributed by atoms with Gasteiger partial charge < -0.3 is 15.5 Å². The van der Waals surface area contributed by atoms with Crippen LogP contribution in [0.15, 0.2) is 39.2 Å². The topological polar surface area (TPSA) is 68.3 Å². The van der Waals surface area contributed by atoms with Crippen molar-refractivity contribution in [2.45, 2.75) is 13.5 Å². The van der Waals surface area contributed by atoms with E-state index in [0.717, 1.165) is 15.7 Å². The maximum absolute atomic E-state index is 11.9. The Morgan fingerprint density at radius 1 is 1.39 bits per heavy atom. The molecule has 1 aromatic carbocycles. The summed E-state index contributed by atoms with van der Waals surface area (Å²) in [5.74, 6) is 0.575. The Labute approximate surface area is 113 Å². The molecule has 0 fully saturated rings. The average Bonchev–Trinajstić information content (AvgIpc) is 2.81. The highest BCUT2D eigenvalue weighted by Crippen LogP contribution is 2.21. The van der Waals surface area contributed by atoms with E-state index in [1.54, 1.807) is 12.1 Å². The van der Waals surface area contributed by atoms with Gasteiger partial charge in [0, 0.05) is 10.2 Å². The molecule has 0 unspecified atom stereocenters. The van der Waals surface area contributed by atoms with Crippen LogP contribution in [-0.2, 0) is 6.54 Å². The number of furan rings is 1. The minimum Gasteiger partial charge on any atom is -0.455 e. The van der Waals surface area contributed by atoms with Crippen LogP contribution in [0.3, 0.4) is 0 Å². The predicted molar refractivity (Wildman–Crippen MR) is 73.4 cm³/mol. The second kappa shape index (κ2) is 5.37. The number of amides is 1. The minimum absolute atomic E-state index is 0.262. The van der Waals surface area contributed by atoms with E-state index in [0.29, 0.717) is 5.76 Å². The van der Waals surface area contributed by atoms with Gasteiger partial charge in [-0.1, -0.05) is 15.9 Å². The smallest absolute Gasteiger partial charge is 0.291 e. The van der Waals surface area contributed by atoms with E-state index in [4.69, 9.17) is 10.2 Å². The van der Waals surface area contributed by atoms with Crippen molar-refractivity contribution in [3.63, 3.8) is 0 Å². The zero-order chi connectivity index (χ0) is 13.1. The van der Waals surface area contributed by atoms with Gasteiger partial charge in [0.2, 0.25) is 0 Å². The molecule has 4 nitrogen and oxygen atoms in total. The molecular formula is C13H13BrN2O2. The summed E-state index contributed by atoms with van der Waals surface area (Å²) in [7, 11) is 0. The lowest BCUT2D eigenvalue weighted by Crippen LogP contribution is -2.11. The number of anilines is 1. The van der Waals surface area contributed by atoms with E-state index in [1.165, 1.54) is 0 Å². The fourth-order valence-electron chi connectivity index (χ4n) is 1.56. The van der Waals surface area contributed by atoms with Gasteiger partial charge >= 0.3 is 0 Å². The molecule has 0 spiro atoms. The van der Waals surface area contributed by atoms with Crippen LogP contribution in [0.5, 0.6) is 0 Å². The first-order chi connectivity index (χ1) is 8.60. The first kappa shape index (κ1) is 12.9. The number of aryl methyl sites for hydroxylation is 1. The number of nitrogens with two attached hydrogens (primary N) is 1. The van der Waals surface area contributed by atoms with Crippen molar-refractivity contribution in [1.82, 2.24) is 0 Å². The van der Waals surface area contributed by atoms with Gasteiger partial charge in [-0.25, -0.2) is 0 Å². The van der Waals surface area contributed by atoms with Gasteiger partial charge in [0.15, 0.2) is 5.76 Å². The fourth-order valence-corrected chi connectivity index (χ4v) is 2.04. The molecule has 0 saturated heterocycles. The summed E-state index contributed by atoms with van der Waals surface area (Å²) < 4.78 is 6.26. The summed E-state index contributed by atoms with van der Waals surface area (Å²) in [5, 5.41) is 2.80. The number of benzene rings is 1. The third-order valence-corrected chi connectivity index (χ3v) is 3.02. The third-order valence-electron chi connectivity index (χ3n) is 2.52. The number of nitrogens with one attached hydrogen (secondary N) is 1. The molecule has 1 amide bonds. The number of halogens is 1. The molecular weight excluding hydrogens is 296 g/mol. The maximum atomic E-state index is 11.9. The van der Waals surface area contributed by atoms with Crippen LogP contribution >= 0.6 is 15.9 Å². The molecule has 0 bridgehead atoms. The molecule has 0 aliphatic heterocycles. The fraction of sp³-hybridized carbons (Fsp3) is 0.154.